The summed E-state index contributed by atoms with van der Waals surface area (Å²) in [6.45, 7) is 1.49. The zero-order valence-corrected chi connectivity index (χ0v) is 10.0. The summed E-state index contributed by atoms with van der Waals surface area (Å²) in [5.74, 6) is -0.874. The van der Waals surface area contributed by atoms with Crippen LogP contribution >= 0.6 is 11.8 Å². The van der Waals surface area contributed by atoms with Crippen LogP contribution in [0.4, 0.5) is 0 Å². The van der Waals surface area contributed by atoms with Gasteiger partial charge < -0.3 is 10.2 Å². The first-order valence-electron chi connectivity index (χ1n) is 4.87. The highest BCUT2D eigenvalue weighted by Crippen LogP contribution is 2.19. The average molecular weight is 252 g/mol. The van der Waals surface area contributed by atoms with E-state index in [1.807, 2.05) is 0 Å². The third kappa shape index (κ3) is 4.32. The molecule has 1 aromatic carbocycles. The fraction of sp³-hybridized carbons (Fsp3) is 0.167. The zero-order valence-electron chi connectivity index (χ0n) is 9.21. The number of benzene rings is 1. The van der Waals surface area contributed by atoms with Gasteiger partial charge in [-0.15, -0.1) is 0 Å². The summed E-state index contributed by atoms with van der Waals surface area (Å²) in [4.78, 5) is 21.3. The van der Waals surface area contributed by atoms with E-state index in [4.69, 9.17) is 5.11 Å². The summed E-state index contributed by atoms with van der Waals surface area (Å²) in [6.07, 6.45) is 3.50. The number of aromatic carboxylic acids is 1. The summed E-state index contributed by atoms with van der Waals surface area (Å²) in [6, 6.07) is 4.31. The van der Waals surface area contributed by atoms with Gasteiger partial charge in [0.1, 0.15) is 11.3 Å². The molecular formula is C12H12O4S. The van der Waals surface area contributed by atoms with Gasteiger partial charge >= 0.3 is 5.97 Å². The van der Waals surface area contributed by atoms with Gasteiger partial charge in [-0.1, -0.05) is 30.0 Å². The van der Waals surface area contributed by atoms with Gasteiger partial charge in [-0.05, 0) is 17.7 Å². The van der Waals surface area contributed by atoms with Gasteiger partial charge in [-0.3, -0.25) is 4.79 Å². The van der Waals surface area contributed by atoms with Crippen molar-refractivity contribution in [3.63, 3.8) is 0 Å². The van der Waals surface area contributed by atoms with Crippen LogP contribution in [0.2, 0.25) is 0 Å². The summed E-state index contributed by atoms with van der Waals surface area (Å²) in [5, 5.41) is 18.2. The van der Waals surface area contributed by atoms with Gasteiger partial charge in [0.15, 0.2) is 5.12 Å². The Bertz CT molecular complexity index is 466. The number of carbonyl (C=O) groups excluding carboxylic acids is 1. The lowest BCUT2D eigenvalue weighted by Crippen LogP contribution is -1.96. The lowest BCUT2D eigenvalue weighted by atomic mass is 10.1. The van der Waals surface area contributed by atoms with Crippen molar-refractivity contribution in [3.05, 3.63) is 35.4 Å². The van der Waals surface area contributed by atoms with Crippen LogP contribution in [-0.4, -0.2) is 27.1 Å². The van der Waals surface area contributed by atoms with Gasteiger partial charge in [0.2, 0.25) is 0 Å². The molecule has 0 aliphatic rings. The van der Waals surface area contributed by atoms with Crippen molar-refractivity contribution in [3.8, 4) is 5.75 Å². The Morgan fingerprint density at radius 2 is 2.12 bits per heavy atom. The van der Waals surface area contributed by atoms with Gasteiger partial charge in [-0.25, -0.2) is 4.79 Å². The Morgan fingerprint density at radius 1 is 1.41 bits per heavy atom. The Labute approximate surface area is 103 Å². The van der Waals surface area contributed by atoms with E-state index in [9.17, 15) is 14.7 Å². The van der Waals surface area contributed by atoms with Gasteiger partial charge in [0.05, 0.1) is 0 Å². The molecule has 17 heavy (non-hydrogen) atoms. The molecule has 0 bridgehead atoms. The second kappa shape index (κ2) is 6.10. The smallest absolute Gasteiger partial charge is 0.339 e. The number of hydrogen-bond acceptors (Lipinski definition) is 4. The molecule has 0 heterocycles. The molecule has 0 aliphatic carbocycles. The van der Waals surface area contributed by atoms with E-state index in [0.717, 1.165) is 0 Å². The van der Waals surface area contributed by atoms with Crippen molar-refractivity contribution in [2.45, 2.75) is 6.92 Å². The molecular weight excluding hydrogens is 240 g/mol. The highest BCUT2D eigenvalue weighted by Gasteiger charge is 2.08. The van der Waals surface area contributed by atoms with E-state index < -0.39 is 5.97 Å². The predicted molar refractivity (Wildman–Crippen MR) is 67.2 cm³/mol. The number of carboxylic acids is 1. The maximum Gasteiger partial charge on any atom is 0.339 e. The second-order valence-electron chi connectivity index (χ2n) is 3.29. The number of thioether (sulfide) groups is 1. The largest absolute Gasteiger partial charge is 0.507 e. The first-order chi connectivity index (χ1) is 8.00. The molecule has 0 unspecified atom stereocenters. The van der Waals surface area contributed by atoms with Crippen LogP contribution in [0, 0.1) is 0 Å². The molecule has 0 atom stereocenters. The first-order valence-corrected chi connectivity index (χ1v) is 5.85. The molecule has 1 rings (SSSR count). The second-order valence-corrected chi connectivity index (χ2v) is 4.48. The van der Waals surface area contributed by atoms with E-state index in [1.54, 1.807) is 18.2 Å². The minimum absolute atomic E-state index is 0.0405. The van der Waals surface area contributed by atoms with Crippen LogP contribution in [0.3, 0.4) is 0 Å². The van der Waals surface area contributed by atoms with Crippen molar-refractivity contribution in [2.24, 2.45) is 0 Å². The Kier molecular flexibility index (Phi) is 4.78. The highest BCUT2D eigenvalue weighted by atomic mass is 32.2. The normalized spacial score (nSPS) is 10.6. The summed E-state index contributed by atoms with van der Waals surface area (Å²) in [7, 11) is 0. The maximum atomic E-state index is 10.7. The van der Waals surface area contributed by atoms with Crippen LogP contribution in [0.5, 0.6) is 5.75 Å². The van der Waals surface area contributed by atoms with E-state index in [0.29, 0.717) is 11.3 Å². The molecule has 0 saturated heterocycles. The summed E-state index contributed by atoms with van der Waals surface area (Å²) in [5.41, 5.74) is 0.567. The third-order valence-electron chi connectivity index (χ3n) is 1.95. The minimum Gasteiger partial charge on any atom is -0.507 e. The number of aromatic hydroxyl groups is 1. The Hall–Kier alpha value is -1.75. The summed E-state index contributed by atoms with van der Waals surface area (Å²) < 4.78 is 0. The number of carbonyl (C=O) groups is 2. The number of hydrogen-bond donors (Lipinski definition) is 2. The molecule has 2 N–H and O–H groups in total. The molecule has 90 valence electrons. The topological polar surface area (TPSA) is 74.6 Å². The van der Waals surface area contributed by atoms with E-state index in [-0.39, 0.29) is 16.4 Å². The lowest BCUT2D eigenvalue weighted by Gasteiger charge is -2.00. The molecule has 0 aromatic heterocycles. The average Bonchev–Trinajstić information content (AvgIpc) is 2.23. The van der Waals surface area contributed by atoms with Crippen molar-refractivity contribution < 1.29 is 19.8 Å². The predicted octanol–water partition coefficient (Wildman–Crippen LogP) is 2.38. The Balaban J connectivity index is 2.70. The minimum atomic E-state index is -1.16. The molecule has 0 radical (unpaired) electrons. The van der Waals surface area contributed by atoms with Gasteiger partial charge in [0, 0.05) is 12.7 Å². The van der Waals surface area contributed by atoms with Crippen LogP contribution in [0.15, 0.2) is 24.3 Å². The monoisotopic (exact) mass is 252 g/mol. The maximum absolute atomic E-state index is 10.7. The molecule has 0 saturated carbocycles. The van der Waals surface area contributed by atoms with Crippen molar-refractivity contribution in [1.82, 2.24) is 0 Å². The lowest BCUT2D eigenvalue weighted by molar-refractivity contribution is -0.109. The van der Waals surface area contributed by atoms with Crippen molar-refractivity contribution in [1.29, 1.82) is 0 Å². The molecule has 1 aromatic rings. The zero-order chi connectivity index (χ0) is 12.8. The SMILES string of the molecule is CC(=O)SCC=Cc1ccc(C(=O)O)c(O)c1. The third-order valence-corrected chi connectivity index (χ3v) is 2.71. The van der Waals surface area contributed by atoms with Crippen LogP contribution < -0.4 is 0 Å². The summed E-state index contributed by atoms with van der Waals surface area (Å²) >= 11 is 1.18. The number of carboxylic acid groups (broad SMARTS) is 1. The fourth-order valence-electron chi connectivity index (χ4n) is 1.18. The van der Waals surface area contributed by atoms with Crippen LogP contribution in [-0.2, 0) is 4.79 Å². The number of phenols is 1. The van der Waals surface area contributed by atoms with E-state index >= 15 is 0 Å². The van der Waals surface area contributed by atoms with Gasteiger partial charge in [0.25, 0.3) is 0 Å². The number of rotatable bonds is 4. The van der Waals surface area contributed by atoms with E-state index in [2.05, 4.69) is 0 Å². The molecule has 0 fully saturated rings. The van der Waals surface area contributed by atoms with Gasteiger partial charge in [-0.2, -0.15) is 0 Å². The van der Waals surface area contributed by atoms with Crippen LogP contribution in [0.25, 0.3) is 6.08 Å². The molecule has 4 nitrogen and oxygen atoms in total. The molecule has 0 amide bonds. The molecule has 0 spiro atoms. The quantitative estimate of drug-likeness (QED) is 0.860. The highest BCUT2D eigenvalue weighted by molar-refractivity contribution is 8.13. The van der Waals surface area contributed by atoms with Crippen LogP contribution in [0.1, 0.15) is 22.8 Å². The fourth-order valence-corrected chi connectivity index (χ4v) is 1.61. The molecule has 0 aliphatic heterocycles. The van der Waals surface area contributed by atoms with E-state index in [1.165, 1.54) is 30.8 Å². The van der Waals surface area contributed by atoms with Crippen molar-refractivity contribution in [2.75, 3.05) is 5.75 Å². The molecule has 5 heteroatoms. The standard InChI is InChI=1S/C12H12O4S/c1-8(13)17-6-2-3-9-4-5-10(12(15)16)11(14)7-9/h2-5,7,14H,6H2,1H3,(H,15,16). The van der Waals surface area contributed by atoms with Crippen molar-refractivity contribution >= 4 is 28.9 Å². The first kappa shape index (κ1) is 13.3. The Morgan fingerprint density at radius 3 is 2.65 bits per heavy atom.